The molecule has 46 heavy (non-hydrogen) atoms. The lowest BCUT2D eigenvalue weighted by Crippen LogP contribution is -2.49. The lowest BCUT2D eigenvalue weighted by molar-refractivity contribution is -0.118. The van der Waals surface area contributed by atoms with Gasteiger partial charge in [0.15, 0.2) is 0 Å². The number of piperidine rings is 1. The van der Waals surface area contributed by atoms with Crippen molar-refractivity contribution >= 4 is 58.1 Å². The minimum absolute atomic E-state index is 0.0806. The Morgan fingerprint density at radius 3 is 2.30 bits per heavy atom. The fourth-order valence-corrected chi connectivity index (χ4v) is 7.24. The number of nitrogens with zero attached hydrogens (tertiary/aromatic N) is 1. The Morgan fingerprint density at radius 1 is 1.00 bits per heavy atom. The maximum Gasteiger partial charge on any atom is 0.410 e. The van der Waals surface area contributed by atoms with Crippen molar-refractivity contribution in [1.82, 2.24) is 10.2 Å². The molecule has 3 unspecified atom stereocenters. The van der Waals surface area contributed by atoms with E-state index in [2.05, 4.69) is 45.4 Å². The largest absolute Gasteiger partial charge is 0.496 e. The number of carbonyl (C=O) groups is 3. The fourth-order valence-electron chi connectivity index (χ4n) is 5.05. The summed E-state index contributed by atoms with van der Waals surface area (Å²) < 4.78 is 16.6. The van der Waals surface area contributed by atoms with E-state index in [0.29, 0.717) is 37.2 Å². The average Bonchev–Trinajstić information content (AvgIpc) is 3.02. The molecule has 0 aliphatic carbocycles. The van der Waals surface area contributed by atoms with Crippen molar-refractivity contribution in [3.05, 3.63) is 90.0 Å². The summed E-state index contributed by atoms with van der Waals surface area (Å²) in [7, 11) is 1.60. The van der Waals surface area contributed by atoms with Crippen LogP contribution in [-0.4, -0.2) is 52.3 Å². The van der Waals surface area contributed by atoms with Gasteiger partial charge in [-0.25, -0.2) is 9.59 Å². The van der Waals surface area contributed by atoms with Gasteiger partial charge >= 0.3 is 12.2 Å². The maximum atomic E-state index is 13.6. The van der Waals surface area contributed by atoms with E-state index < -0.39 is 17.7 Å². The van der Waals surface area contributed by atoms with Gasteiger partial charge in [0.05, 0.1) is 11.2 Å². The van der Waals surface area contributed by atoms with Crippen molar-refractivity contribution in [3.8, 4) is 5.75 Å². The Hall–Kier alpha value is -3.45. The number of thioether (sulfide) groups is 1. The predicted molar refractivity (Wildman–Crippen MR) is 189 cm³/mol. The number of carbonyl (C=O) groups excluding carboxylic acids is 3. The molecule has 0 saturated carbocycles. The molecular formula is C35H42IN3O6S. The first kappa shape index (κ1) is 35.4. The zero-order valence-electron chi connectivity index (χ0n) is 26.7. The number of hydrogen-bond donors (Lipinski definition) is 2. The van der Waals surface area contributed by atoms with E-state index in [0.717, 1.165) is 16.2 Å². The topological polar surface area (TPSA) is 106 Å². The molecule has 1 aliphatic rings. The summed E-state index contributed by atoms with van der Waals surface area (Å²) in [6.07, 6.45) is 0.690. The van der Waals surface area contributed by atoms with Crippen LogP contribution in [0.2, 0.25) is 0 Å². The second-order valence-electron chi connectivity index (χ2n) is 12.1. The lowest BCUT2D eigenvalue weighted by Gasteiger charge is -2.37. The van der Waals surface area contributed by atoms with Crippen LogP contribution in [0.5, 0.6) is 5.75 Å². The van der Waals surface area contributed by atoms with Crippen LogP contribution in [0.1, 0.15) is 51.2 Å². The SMILES string of the molecule is COc1cc(NC(=O)C(CC2CCN(C(=O)OCc3ccccc3)C(I)C2)NC(=O)OC(C)(C)C)ccc1SCc1ccccc1. The maximum absolute atomic E-state index is 13.6. The second-order valence-corrected chi connectivity index (χ2v) is 14.6. The standard InChI is InChI=1S/C35H42IN3O6S/c1-35(2,3)45-33(41)38-28(19-26-17-18-39(31(36)20-26)34(42)44-22-24-11-7-5-8-12-24)32(40)37-27-15-16-30(29(21-27)43-4)46-23-25-13-9-6-10-14-25/h5-16,21,26,28,31H,17-20,22-23H2,1-4H3,(H,37,40)(H,38,41). The van der Waals surface area contributed by atoms with Gasteiger partial charge in [-0.05, 0) is 69.2 Å². The van der Waals surface area contributed by atoms with Crippen LogP contribution in [0.15, 0.2) is 83.8 Å². The number of amides is 3. The number of methoxy groups -OCH3 is 1. The van der Waals surface area contributed by atoms with Crippen molar-refractivity contribution in [2.45, 2.75) is 73.0 Å². The zero-order chi connectivity index (χ0) is 33.1. The highest BCUT2D eigenvalue weighted by Gasteiger charge is 2.34. The first-order valence-electron chi connectivity index (χ1n) is 15.3. The summed E-state index contributed by atoms with van der Waals surface area (Å²) in [6, 6.07) is 24.4. The number of alkyl carbamates (subject to hydrolysis) is 1. The summed E-state index contributed by atoms with van der Waals surface area (Å²) >= 11 is 3.90. The van der Waals surface area contributed by atoms with Gasteiger partial charge in [0, 0.05) is 28.9 Å². The van der Waals surface area contributed by atoms with Crippen molar-refractivity contribution in [1.29, 1.82) is 0 Å². The highest BCUT2D eigenvalue weighted by molar-refractivity contribution is 14.1. The summed E-state index contributed by atoms with van der Waals surface area (Å²) in [5.74, 6) is 1.16. The molecule has 1 heterocycles. The molecular weight excluding hydrogens is 717 g/mol. The molecule has 11 heteroatoms. The van der Waals surface area contributed by atoms with E-state index in [1.165, 1.54) is 5.56 Å². The molecule has 3 amide bonds. The third-order valence-corrected chi connectivity index (χ3v) is 9.64. The summed E-state index contributed by atoms with van der Waals surface area (Å²) in [5, 5.41) is 5.75. The van der Waals surface area contributed by atoms with Gasteiger partial charge in [-0.2, -0.15) is 0 Å². The van der Waals surface area contributed by atoms with Crippen LogP contribution in [0.4, 0.5) is 15.3 Å². The second kappa shape index (κ2) is 16.9. The Kier molecular flexibility index (Phi) is 13.0. The van der Waals surface area contributed by atoms with E-state index in [1.54, 1.807) is 50.6 Å². The van der Waals surface area contributed by atoms with Gasteiger partial charge in [0.2, 0.25) is 5.91 Å². The van der Waals surface area contributed by atoms with Gasteiger partial charge in [-0.1, -0.05) is 83.3 Å². The summed E-state index contributed by atoms with van der Waals surface area (Å²) in [5.41, 5.74) is 1.97. The van der Waals surface area contributed by atoms with Crippen molar-refractivity contribution in [3.63, 3.8) is 0 Å². The van der Waals surface area contributed by atoms with E-state index in [4.69, 9.17) is 14.2 Å². The quantitative estimate of drug-likeness (QED) is 0.0883. The molecule has 2 N–H and O–H groups in total. The van der Waals surface area contributed by atoms with E-state index >= 15 is 0 Å². The monoisotopic (exact) mass is 759 g/mol. The number of halogens is 1. The lowest BCUT2D eigenvalue weighted by atomic mass is 9.90. The van der Waals surface area contributed by atoms with Crippen LogP contribution >= 0.6 is 34.4 Å². The molecule has 0 aromatic heterocycles. The van der Waals surface area contributed by atoms with Gasteiger partial charge < -0.3 is 24.8 Å². The van der Waals surface area contributed by atoms with E-state index in [-0.39, 0.29) is 28.6 Å². The molecule has 3 aromatic carbocycles. The number of ether oxygens (including phenoxy) is 3. The Morgan fingerprint density at radius 2 is 1.67 bits per heavy atom. The van der Waals surface area contributed by atoms with Crippen LogP contribution in [0.25, 0.3) is 0 Å². The highest BCUT2D eigenvalue weighted by Crippen LogP contribution is 2.35. The number of anilines is 1. The fraction of sp³-hybridized carbons (Fsp3) is 0.400. The third-order valence-electron chi connectivity index (χ3n) is 7.33. The number of rotatable bonds is 11. The van der Waals surface area contributed by atoms with Crippen molar-refractivity contribution in [2.75, 3.05) is 19.0 Å². The number of nitrogens with one attached hydrogen (secondary N) is 2. The Bertz CT molecular complexity index is 1450. The zero-order valence-corrected chi connectivity index (χ0v) is 29.6. The number of alkyl halides is 1. The molecule has 3 atom stereocenters. The molecule has 9 nitrogen and oxygen atoms in total. The van der Waals surface area contributed by atoms with Gasteiger partial charge in [0.25, 0.3) is 0 Å². The van der Waals surface area contributed by atoms with Crippen LogP contribution in [0.3, 0.4) is 0 Å². The molecule has 0 spiro atoms. The molecule has 4 rings (SSSR count). The van der Waals surface area contributed by atoms with Gasteiger partial charge in [0.1, 0.15) is 24.0 Å². The van der Waals surface area contributed by atoms with E-state index in [9.17, 15) is 14.4 Å². The molecule has 246 valence electrons. The normalized spacial score (nSPS) is 17.0. The van der Waals surface area contributed by atoms with Crippen molar-refractivity contribution in [2.24, 2.45) is 5.92 Å². The number of hydrogen-bond acceptors (Lipinski definition) is 7. The Labute approximate surface area is 289 Å². The number of likely N-dealkylation sites (tertiary alicyclic amines) is 1. The molecule has 1 saturated heterocycles. The third kappa shape index (κ3) is 11.1. The molecule has 3 aromatic rings. The molecule has 1 fully saturated rings. The minimum Gasteiger partial charge on any atom is -0.496 e. The van der Waals surface area contributed by atoms with Gasteiger partial charge in [-0.15, -0.1) is 11.8 Å². The molecule has 1 aliphatic heterocycles. The van der Waals surface area contributed by atoms with E-state index in [1.807, 2.05) is 60.7 Å². The average molecular weight is 760 g/mol. The highest BCUT2D eigenvalue weighted by atomic mass is 127. The van der Waals surface area contributed by atoms with Crippen LogP contribution in [-0.2, 0) is 26.6 Å². The smallest absolute Gasteiger partial charge is 0.410 e. The first-order chi connectivity index (χ1) is 22.0. The first-order valence-corrected chi connectivity index (χ1v) is 17.5. The molecule has 0 radical (unpaired) electrons. The Balaban J connectivity index is 1.39. The predicted octanol–water partition coefficient (Wildman–Crippen LogP) is 8.02. The minimum atomic E-state index is -0.849. The number of benzene rings is 3. The molecule has 0 bridgehead atoms. The van der Waals surface area contributed by atoms with Crippen molar-refractivity contribution < 1.29 is 28.6 Å². The summed E-state index contributed by atoms with van der Waals surface area (Å²) in [4.78, 5) is 41.9. The summed E-state index contributed by atoms with van der Waals surface area (Å²) in [6.45, 7) is 6.03. The van der Waals surface area contributed by atoms with Crippen LogP contribution < -0.4 is 15.4 Å². The van der Waals surface area contributed by atoms with Gasteiger partial charge in [-0.3, -0.25) is 9.69 Å². The van der Waals surface area contributed by atoms with Crippen LogP contribution in [0, 0.1) is 5.92 Å².